The van der Waals surface area contributed by atoms with Crippen LogP contribution < -0.4 is 0 Å². The minimum atomic E-state index is -0.331. The molecule has 2 fully saturated rings. The maximum Gasteiger partial charge on any atom is 0.306 e. The fraction of sp³-hybridized carbons (Fsp3) is 0.923. The summed E-state index contributed by atoms with van der Waals surface area (Å²) in [6.45, 7) is 5.79. The van der Waals surface area contributed by atoms with Gasteiger partial charge in [-0.15, -0.1) is 0 Å². The molecule has 2 aliphatic rings. The molecule has 0 saturated heterocycles. The van der Waals surface area contributed by atoms with E-state index in [0.717, 1.165) is 3.92 Å². The Morgan fingerprint density at radius 2 is 1.88 bits per heavy atom. The Bertz CT molecular complexity index is 279. The topological polar surface area (TPSA) is 26.3 Å². The molecule has 0 aromatic rings. The van der Waals surface area contributed by atoms with E-state index in [0.29, 0.717) is 17.8 Å². The number of halogens is 1. The van der Waals surface area contributed by atoms with E-state index in [1.807, 2.05) is 20.8 Å². The number of rotatable bonds is 2. The Morgan fingerprint density at radius 1 is 1.31 bits per heavy atom. The van der Waals surface area contributed by atoms with Crippen LogP contribution in [0.1, 0.15) is 52.9 Å². The molecule has 2 nitrogen and oxygen atoms in total. The van der Waals surface area contributed by atoms with Crippen LogP contribution in [0.3, 0.4) is 0 Å². The van der Waals surface area contributed by atoms with Gasteiger partial charge in [0.1, 0.15) is 5.60 Å². The third-order valence-electron chi connectivity index (χ3n) is 3.63. The molecule has 0 unspecified atom stereocenters. The van der Waals surface area contributed by atoms with Crippen LogP contribution in [0.15, 0.2) is 0 Å². The van der Waals surface area contributed by atoms with Gasteiger partial charge in [0, 0.05) is 10.3 Å². The molecule has 0 N–H and O–H groups in total. The lowest BCUT2D eigenvalue weighted by molar-refractivity contribution is -0.159. The third kappa shape index (κ3) is 2.90. The first kappa shape index (κ1) is 12.7. The predicted octanol–water partition coefficient (Wildman–Crippen LogP) is 3.71. The first-order valence-electron chi connectivity index (χ1n) is 6.14. The molecule has 2 saturated carbocycles. The molecule has 2 aliphatic carbocycles. The lowest BCUT2D eigenvalue weighted by Crippen LogP contribution is -2.48. The van der Waals surface area contributed by atoms with Gasteiger partial charge in [-0.05, 0) is 57.8 Å². The van der Waals surface area contributed by atoms with Crippen molar-refractivity contribution in [2.45, 2.75) is 62.4 Å². The second kappa shape index (κ2) is 4.14. The fourth-order valence-corrected chi connectivity index (χ4v) is 5.01. The lowest BCUT2D eigenvalue weighted by Gasteiger charge is -2.56. The summed E-state index contributed by atoms with van der Waals surface area (Å²) < 4.78 is 6.23. The summed E-state index contributed by atoms with van der Waals surface area (Å²) in [6.07, 6.45) is 5.89. The first-order chi connectivity index (χ1) is 7.28. The number of carbonyl (C=O) groups excluding carboxylic acids is 1. The van der Waals surface area contributed by atoms with Gasteiger partial charge in [0.2, 0.25) is 0 Å². The number of hydrogen-bond acceptors (Lipinski definition) is 2. The van der Waals surface area contributed by atoms with Gasteiger partial charge in [0.05, 0.1) is 0 Å². The van der Waals surface area contributed by atoms with Gasteiger partial charge in [-0.3, -0.25) is 4.79 Å². The summed E-state index contributed by atoms with van der Waals surface area (Å²) in [5, 5.41) is 0. The number of ether oxygens (including phenoxy) is 1. The predicted molar refractivity (Wildman–Crippen MR) is 72.7 cm³/mol. The average molecular weight is 336 g/mol. The average Bonchev–Trinajstić information content (AvgIpc) is 1.93. The minimum absolute atomic E-state index is 0.0160. The van der Waals surface area contributed by atoms with Crippen LogP contribution in [0.2, 0.25) is 0 Å². The van der Waals surface area contributed by atoms with Crippen LogP contribution in [-0.2, 0) is 9.53 Å². The number of carbonyl (C=O) groups is 1. The second-order valence-corrected chi connectivity index (χ2v) is 8.33. The summed E-state index contributed by atoms with van der Waals surface area (Å²) in [6, 6.07) is 0. The van der Waals surface area contributed by atoms with Crippen molar-refractivity contribution in [1.82, 2.24) is 0 Å². The van der Waals surface area contributed by atoms with Gasteiger partial charge < -0.3 is 4.74 Å². The fourth-order valence-electron chi connectivity index (χ4n) is 3.14. The molecule has 0 heterocycles. The zero-order chi connectivity index (χ0) is 12.0. The Labute approximate surface area is 112 Å². The Kier molecular flexibility index (Phi) is 3.28. The van der Waals surface area contributed by atoms with Gasteiger partial charge in [0.15, 0.2) is 0 Å². The largest absolute Gasteiger partial charge is 0.460 e. The number of alkyl halides is 1. The van der Waals surface area contributed by atoms with E-state index in [1.54, 1.807) is 0 Å². The summed E-state index contributed by atoms with van der Waals surface area (Å²) >= 11 is 2.53. The van der Waals surface area contributed by atoms with Crippen molar-refractivity contribution in [1.29, 1.82) is 0 Å². The molecular formula is C13H21IO2. The normalized spacial score (nSPS) is 37.8. The maximum absolute atomic E-state index is 11.6. The van der Waals surface area contributed by atoms with Crippen LogP contribution in [0, 0.1) is 11.3 Å². The smallest absolute Gasteiger partial charge is 0.306 e. The highest BCUT2D eigenvalue weighted by molar-refractivity contribution is 14.1. The minimum Gasteiger partial charge on any atom is -0.460 e. The van der Waals surface area contributed by atoms with E-state index in [2.05, 4.69) is 22.6 Å². The van der Waals surface area contributed by atoms with E-state index in [-0.39, 0.29) is 11.6 Å². The van der Waals surface area contributed by atoms with Crippen molar-refractivity contribution in [3.63, 3.8) is 0 Å². The van der Waals surface area contributed by atoms with Gasteiger partial charge in [-0.1, -0.05) is 22.6 Å². The summed E-state index contributed by atoms with van der Waals surface area (Å²) in [7, 11) is 0. The molecule has 0 aliphatic heterocycles. The van der Waals surface area contributed by atoms with Gasteiger partial charge in [-0.2, -0.15) is 0 Å². The van der Waals surface area contributed by atoms with E-state index < -0.39 is 0 Å². The molecule has 0 bridgehead atoms. The van der Waals surface area contributed by atoms with Crippen molar-refractivity contribution in [2.24, 2.45) is 11.3 Å². The Balaban J connectivity index is 1.68. The van der Waals surface area contributed by atoms with E-state index in [4.69, 9.17) is 4.74 Å². The van der Waals surface area contributed by atoms with Crippen LogP contribution in [0.5, 0.6) is 0 Å². The van der Waals surface area contributed by atoms with Gasteiger partial charge in [-0.25, -0.2) is 0 Å². The van der Waals surface area contributed by atoms with E-state index in [1.165, 1.54) is 25.7 Å². The summed E-state index contributed by atoms with van der Waals surface area (Å²) in [5.74, 6) is 0.580. The number of hydrogen-bond donors (Lipinski definition) is 0. The quantitative estimate of drug-likeness (QED) is 0.437. The molecule has 0 amide bonds. The molecule has 16 heavy (non-hydrogen) atoms. The van der Waals surface area contributed by atoms with Crippen LogP contribution in [-0.4, -0.2) is 15.5 Å². The highest BCUT2D eigenvalue weighted by atomic mass is 127. The maximum atomic E-state index is 11.6. The van der Waals surface area contributed by atoms with Gasteiger partial charge in [0.25, 0.3) is 0 Å². The summed E-state index contributed by atoms with van der Waals surface area (Å²) in [5.41, 5.74) is 0.306. The Hall–Kier alpha value is 0.200. The summed E-state index contributed by atoms with van der Waals surface area (Å²) in [4.78, 5) is 11.6. The SMILES string of the molecule is CC(C)(C)OC(=O)CC1CC2(CC(I)C2)C1. The Morgan fingerprint density at radius 3 is 2.31 bits per heavy atom. The molecule has 0 aromatic heterocycles. The molecular weight excluding hydrogens is 315 g/mol. The monoisotopic (exact) mass is 336 g/mol. The zero-order valence-corrected chi connectivity index (χ0v) is 12.5. The van der Waals surface area contributed by atoms with Crippen molar-refractivity contribution in [3.8, 4) is 0 Å². The van der Waals surface area contributed by atoms with Crippen molar-refractivity contribution < 1.29 is 9.53 Å². The molecule has 0 atom stereocenters. The van der Waals surface area contributed by atoms with Crippen molar-refractivity contribution >= 4 is 28.6 Å². The second-order valence-electron chi connectivity index (χ2n) is 6.57. The molecule has 0 radical (unpaired) electrons. The van der Waals surface area contributed by atoms with Crippen molar-refractivity contribution in [3.05, 3.63) is 0 Å². The van der Waals surface area contributed by atoms with Gasteiger partial charge >= 0.3 is 5.97 Å². The molecule has 1 spiro atoms. The molecule has 0 aromatic carbocycles. The first-order valence-corrected chi connectivity index (χ1v) is 7.39. The highest BCUT2D eigenvalue weighted by Crippen LogP contribution is 2.61. The van der Waals surface area contributed by atoms with E-state index in [9.17, 15) is 4.79 Å². The number of esters is 1. The van der Waals surface area contributed by atoms with Crippen LogP contribution in [0.25, 0.3) is 0 Å². The zero-order valence-electron chi connectivity index (χ0n) is 10.4. The standard InChI is InChI=1S/C13H21IO2/c1-12(2,3)16-11(15)4-9-5-13(6-9)7-10(14)8-13/h9-10H,4-8H2,1-3H3. The molecule has 2 rings (SSSR count). The third-order valence-corrected chi connectivity index (χ3v) is 4.51. The molecule has 3 heteroatoms. The van der Waals surface area contributed by atoms with Crippen molar-refractivity contribution in [2.75, 3.05) is 0 Å². The van der Waals surface area contributed by atoms with E-state index >= 15 is 0 Å². The van der Waals surface area contributed by atoms with Crippen LogP contribution in [0.4, 0.5) is 0 Å². The van der Waals surface area contributed by atoms with Crippen LogP contribution >= 0.6 is 22.6 Å². The molecule has 92 valence electrons. The highest BCUT2D eigenvalue weighted by Gasteiger charge is 2.52. The lowest BCUT2D eigenvalue weighted by atomic mass is 9.51.